The van der Waals surface area contributed by atoms with E-state index in [1.165, 1.54) is 4.88 Å². The summed E-state index contributed by atoms with van der Waals surface area (Å²) in [4.78, 5) is 12.1. The lowest BCUT2D eigenvalue weighted by Gasteiger charge is -2.01. The molecule has 0 saturated heterocycles. The predicted molar refractivity (Wildman–Crippen MR) is 60.8 cm³/mol. The minimum absolute atomic E-state index is 0.282. The molecule has 0 aliphatic heterocycles. The summed E-state index contributed by atoms with van der Waals surface area (Å²) in [5, 5.41) is 5.44. The molecular weight excluding hydrogens is 194 g/mol. The first-order chi connectivity index (χ1) is 6.79. The Hall–Kier alpha value is -0.670. The minimum atomic E-state index is 0.282. The highest BCUT2D eigenvalue weighted by Gasteiger charge is 1.94. The molecule has 0 spiro atoms. The van der Waals surface area contributed by atoms with Gasteiger partial charge >= 0.3 is 0 Å². The van der Waals surface area contributed by atoms with Crippen molar-refractivity contribution in [2.75, 3.05) is 13.1 Å². The quantitative estimate of drug-likeness (QED) is 0.701. The molecule has 78 valence electrons. The van der Waals surface area contributed by atoms with Gasteiger partial charge in [-0.15, -0.1) is 11.3 Å². The molecule has 14 heavy (non-hydrogen) atoms. The maximum absolute atomic E-state index is 10.6. The average Bonchev–Trinajstić information content (AvgIpc) is 2.63. The van der Waals surface area contributed by atoms with Gasteiger partial charge in [0.15, 0.2) is 0 Å². The molecular formula is C11H17NOS. The van der Waals surface area contributed by atoms with E-state index < -0.39 is 0 Å². The highest BCUT2D eigenvalue weighted by atomic mass is 32.1. The molecule has 0 aromatic carbocycles. The molecule has 2 nitrogen and oxygen atoms in total. The van der Waals surface area contributed by atoms with Crippen LogP contribution in [-0.4, -0.2) is 18.9 Å². The highest BCUT2D eigenvalue weighted by molar-refractivity contribution is 7.09. The second-order valence-electron chi connectivity index (χ2n) is 3.38. The third-order valence-electron chi connectivity index (χ3n) is 2.01. The van der Waals surface area contributed by atoms with E-state index in [2.05, 4.69) is 22.8 Å². The molecule has 1 rings (SSSR count). The number of ketones is 1. The first-order valence-electron chi connectivity index (χ1n) is 5.01. The SMILES string of the molecule is CC(=O)CCCNCCc1cccs1. The molecule has 0 saturated carbocycles. The van der Waals surface area contributed by atoms with Gasteiger partial charge in [-0.1, -0.05) is 6.07 Å². The fourth-order valence-corrected chi connectivity index (χ4v) is 1.96. The zero-order chi connectivity index (χ0) is 10.2. The van der Waals surface area contributed by atoms with E-state index in [1.807, 2.05) is 0 Å². The van der Waals surface area contributed by atoms with E-state index in [0.717, 1.165) is 25.9 Å². The van der Waals surface area contributed by atoms with Crippen LogP contribution in [0.3, 0.4) is 0 Å². The van der Waals surface area contributed by atoms with Gasteiger partial charge in [0.05, 0.1) is 0 Å². The first kappa shape index (κ1) is 11.4. The van der Waals surface area contributed by atoms with E-state index in [9.17, 15) is 4.79 Å². The molecule has 0 aliphatic rings. The monoisotopic (exact) mass is 211 g/mol. The average molecular weight is 211 g/mol. The molecule has 0 aliphatic carbocycles. The van der Waals surface area contributed by atoms with Crippen LogP contribution < -0.4 is 5.32 Å². The van der Waals surface area contributed by atoms with Crippen molar-refractivity contribution in [1.82, 2.24) is 5.32 Å². The molecule has 0 unspecified atom stereocenters. The van der Waals surface area contributed by atoms with Crippen molar-refractivity contribution in [2.45, 2.75) is 26.2 Å². The van der Waals surface area contributed by atoms with Gasteiger partial charge in [0, 0.05) is 11.3 Å². The number of rotatable bonds is 7. The lowest BCUT2D eigenvalue weighted by Crippen LogP contribution is -2.18. The Labute approximate surface area is 89.3 Å². The molecule has 0 fully saturated rings. The number of hydrogen-bond donors (Lipinski definition) is 1. The van der Waals surface area contributed by atoms with Crippen molar-refractivity contribution >= 4 is 17.1 Å². The number of nitrogens with one attached hydrogen (secondary N) is 1. The Morgan fingerprint density at radius 3 is 3.00 bits per heavy atom. The van der Waals surface area contributed by atoms with Crippen molar-refractivity contribution in [3.8, 4) is 0 Å². The van der Waals surface area contributed by atoms with Crippen molar-refractivity contribution < 1.29 is 4.79 Å². The van der Waals surface area contributed by atoms with Crippen LogP contribution in [0.5, 0.6) is 0 Å². The van der Waals surface area contributed by atoms with Crippen molar-refractivity contribution in [1.29, 1.82) is 0 Å². The number of hydrogen-bond acceptors (Lipinski definition) is 3. The topological polar surface area (TPSA) is 29.1 Å². The summed E-state index contributed by atoms with van der Waals surface area (Å²) in [6, 6.07) is 4.23. The Kier molecular flexibility index (Phi) is 5.49. The number of Topliss-reactive ketones (excluding diaryl/α,β-unsaturated/α-hetero) is 1. The Balaban J connectivity index is 1.92. The summed E-state index contributed by atoms with van der Waals surface area (Å²) in [5.74, 6) is 0.282. The van der Waals surface area contributed by atoms with E-state index in [4.69, 9.17) is 0 Å². The zero-order valence-electron chi connectivity index (χ0n) is 8.58. The van der Waals surface area contributed by atoms with Gasteiger partial charge in [0.1, 0.15) is 5.78 Å². The molecule has 0 radical (unpaired) electrons. The second kappa shape index (κ2) is 6.74. The number of carbonyl (C=O) groups excluding carboxylic acids is 1. The molecule has 0 amide bonds. The van der Waals surface area contributed by atoms with Crippen LogP contribution in [0.25, 0.3) is 0 Å². The van der Waals surface area contributed by atoms with E-state index in [1.54, 1.807) is 18.3 Å². The normalized spacial score (nSPS) is 10.4. The van der Waals surface area contributed by atoms with Gasteiger partial charge in [-0.3, -0.25) is 0 Å². The van der Waals surface area contributed by atoms with Crippen LogP contribution in [-0.2, 0) is 11.2 Å². The van der Waals surface area contributed by atoms with Gasteiger partial charge in [0.25, 0.3) is 0 Å². The van der Waals surface area contributed by atoms with Gasteiger partial charge in [-0.2, -0.15) is 0 Å². The largest absolute Gasteiger partial charge is 0.316 e. The Morgan fingerprint density at radius 1 is 1.50 bits per heavy atom. The van der Waals surface area contributed by atoms with Crippen molar-refractivity contribution in [2.24, 2.45) is 0 Å². The fourth-order valence-electron chi connectivity index (χ4n) is 1.25. The lowest BCUT2D eigenvalue weighted by atomic mass is 10.2. The maximum atomic E-state index is 10.6. The van der Waals surface area contributed by atoms with E-state index >= 15 is 0 Å². The van der Waals surface area contributed by atoms with Crippen LogP contribution in [0.15, 0.2) is 17.5 Å². The molecule has 0 atom stereocenters. The van der Waals surface area contributed by atoms with Crippen LogP contribution in [0.1, 0.15) is 24.6 Å². The van der Waals surface area contributed by atoms with Crippen LogP contribution >= 0.6 is 11.3 Å². The van der Waals surface area contributed by atoms with Crippen molar-refractivity contribution in [3.05, 3.63) is 22.4 Å². The third kappa shape index (κ3) is 5.14. The molecule has 0 bridgehead atoms. The summed E-state index contributed by atoms with van der Waals surface area (Å²) < 4.78 is 0. The van der Waals surface area contributed by atoms with E-state index in [-0.39, 0.29) is 5.78 Å². The van der Waals surface area contributed by atoms with Gasteiger partial charge in [-0.25, -0.2) is 0 Å². The van der Waals surface area contributed by atoms with Crippen LogP contribution in [0.2, 0.25) is 0 Å². The smallest absolute Gasteiger partial charge is 0.129 e. The molecule has 1 aromatic rings. The van der Waals surface area contributed by atoms with Crippen LogP contribution in [0.4, 0.5) is 0 Å². The summed E-state index contributed by atoms with van der Waals surface area (Å²) >= 11 is 1.80. The standard InChI is InChI=1S/C11H17NOS/c1-10(13)4-2-7-12-8-6-11-5-3-9-14-11/h3,5,9,12H,2,4,6-8H2,1H3. The molecule has 1 N–H and O–H groups in total. The highest BCUT2D eigenvalue weighted by Crippen LogP contribution is 2.07. The Morgan fingerprint density at radius 2 is 2.36 bits per heavy atom. The maximum Gasteiger partial charge on any atom is 0.129 e. The van der Waals surface area contributed by atoms with Crippen LogP contribution in [0, 0.1) is 0 Å². The predicted octanol–water partition coefficient (Wildman–Crippen LogP) is 2.25. The van der Waals surface area contributed by atoms with Gasteiger partial charge in [0.2, 0.25) is 0 Å². The third-order valence-corrected chi connectivity index (χ3v) is 2.95. The minimum Gasteiger partial charge on any atom is -0.316 e. The number of thiophene rings is 1. The van der Waals surface area contributed by atoms with Gasteiger partial charge < -0.3 is 10.1 Å². The molecule has 1 aromatic heterocycles. The summed E-state index contributed by atoms with van der Waals surface area (Å²) in [6.07, 6.45) is 2.75. The Bertz CT molecular complexity index is 256. The summed E-state index contributed by atoms with van der Waals surface area (Å²) in [6.45, 7) is 3.61. The number of carbonyl (C=O) groups is 1. The lowest BCUT2D eigenvalue weighted by molar-refractivity contribution is -0.117. The van der Waals surface area contributed by atoms with E-state index in [0.29, 0.717) is 6.42 Å². The molecule has 1 heterocycles. The second-order valence-corrected chi connectivity index (χ2v) is 4.42. The van der Waals surface area contributed by atoms with Gasteiger partial charge in [-0.05, 0) is 44.3 Å². The summed E-state index contributed by atoms with van der Waals surface area (Å²) in [7, 11) is 0. The zero-order valence-corrected chi connectivity index (χ0v) is 9.40. The fraction of sp³-hybridized carbons (Fsp3) is 0.545. The molecule has 3 heteroatoms. The van der Waals surface area contributed by atoms with Crippen molar-refractivity contribution in [3.63, 3.8) is 0 Å². The first-order valence-corrected chi connectivity index (χ1v) is 5.89. The summed E-state index contributed by atoms with van der Waals surface area (Å²) in [5.41, 5.74) is 0.